The Bertz CT molecular complexity index is 396. The van der Waals surface area contributed by atoms with Crippen LogP contribution in [0.4, 0.5) is 0 Å². The third-order valence-electron chi connectivity index (χ3n) is 2.73. The van der Waals surface area contributed by atoms with Crippen LogP contribution < -0.4 is 11.1 Å². The third-order valence-corrected chi connectivity index (χ3v) is 3.63. The molecule has 3 N–H and O–H groups in total. The number of amides is 1. The SMILES string of the molecule is Cl.NCCc1nc(C(=O)NCCOCC2CC2)cs1. The first kappa shape index (κ1) is 16.4. The number of halogens is 1. The minimum Gasteiger partial charge on any atom is -0.379 e. The van der Waals surface area contributed by atoms with E-state index in [2.05, 4.69) is 10.3 Å². The van der Waals surface area contributed by atoms with Gasteiger partial charge < -0.3 is 15.8 Å². The molecule has 0 unspecified atom stereocenters. The van der Waals surface area contributed by atoms with Gasteiger partial charge in [-0.25, -0.2) is 4.98 Å². The van der Waals surface area contributed by atoms with Crippen molar-refractivity contribution in [2.45, 2.75) is 19.3 Å². The standard InChI is InChI=1S/C12H19N3O2S.ClH/c13-4-3-11-15-10(8-18-11)12(16)14-5-6-17-7-9-1-2-9;/h8-9H,1-7,13H2,(H,14,16);1H. The topological polar surface area (TPSA) is 77.2 Å². The normalized spacial score (nSPS) is 13.9. The molecule has 0 atom stereocenters. The molecule has 1 aromatic rings. The number of carbonyl (C=O) groups is 1. The second-order valence-electron chi connectivity index (χ2n) is 4.44. The summed E-state index contributed by atoms with van der Waals surface area (Å²) in [5, 5.41) is 5.48. The number of ether oxygens (including phenoxy) is 1. The first-order valence-corrected chi connectivity index (χ1v) is 7.18. The van der Waals surface area contributed by atoms with Crippen LogP contribution in [0.25, 0.3) is 0 Å². The zero-order valence-corrected chi connectivity index (χ0v) is 12.4. The van der Waals surface area contributed by atoms with E-state index in [4.69, 9.17) is 10.5 Å². The average Bonchev–Trinajstić information content (AvgIpc) is 3.07. The molecule has 108 valence electrons. The number of nitrogens with zero attached hydrogens (tertiary/aromatic N) is 1. The Hall–Kier alpha value is -0.690. The summed E-state index contributed by atoms with van der Waals surface area (Å²) in [6.07, 6.45) is 3.30. The summed E-state index contributed by atoms with van der Waals surface area (Å²) in [7, 11) is 0. The van der Waals surface area contributed by atoms with Crippen molar-refractivity contribution in [2.75, 3.05) is 26.3 Å². The Morgan fingerprint density at radius 2 is 2.37 bits per heavy atom. The van der Waals surface area contributed by atoms with E-state index < -0.39 is 0 Å². The highest BCUT2D eigenvalue weighted by Crippen LogP contribution is 2.28. The summed E-state index contributed by atoms with van der Waals surface area (Å²) >= 11 is 1.48. The zero-order valence-electron chi connectivity index (χ0n) is 10.8. The lowest BCUT2D eigenvalue weighted by molar-refractivity contribution is 0.0902. The fraction of sp³-hybridized carbons (Fsp3) is 0.667. The van der Waals surface area contributed by atoms with Crippen LogP contribution in [0.1, 0.15) is 28.3 Å². The van der Waals surface area contributed by atoms with Crippen LogP contribution in [-0.4, -0.2) is 37.2 Å². The van der Waals surface area contributed by atoms with Crippen LogP contribution in [0.15, 0.2) is 5.38 Å². The summed E-state index contributed by atoms with van der Waals surface area (Å²) in [5.41, 5.74) is 5.92. The molecule has 19 heavy (non-hydrogen) atoms. The van der Waals surface area contributed by atoms with Crippen molar-refractivity contribution >= 4 is 29.7 Å². The number of nitrogens with one attached hydrogen (secondary N) is 1. The molecule has 0 bridgehead atoms. The molecule has 1 heterocycles. The van der Waals surface area contributed by atoms with Gasteiger partial charge in [-0.3, -0.25) is 4.79 Å². The van der Waals surface area contributed by atoms with Gasteiger partial charge in [0.25, 0.3) is 5.91 Å². The Kier molecular flexibility index (Phi) is 7.30. The fourth-order valence-electron chi connectivity index (χ4n) is 1.52. The summed E-state index contributed by atoms with van der Waals surface area (Å²) in [6.45, 7) is 2.49. The van der Waals surface area contributed by atoms with Gasteiger partial charge in [0.1, 0.15) is 5.69 Å². The minimum absolute atomic E-state index is 0. The quantitative estimate of drug-likeness (QED) is 0.708. The molecule has 0 aromatic carbocycles. The molecule has 1 fully saturated rings. The van der Waals surface area contributed by atoms with E-state index in [0.717, 1.165) is 24.0 Å². The summed E-state index contributed by atoms with van der Waals surface area (Å²) in [5.74, 6) is 0.627. The largest absolute Gasteiger partial charge is 0.379 e. The van der Waals surface area contributed by atoms with Crippen LogP contribution in [0, 0.1) is 5.92 Å². The average molecular weight is 306 g/mol. The number of nitrogens with two attached hydrogens (primary N) is 1. The number of carbonyl (C=O) groups excluding carboxylic acids is 1. The predicted octanol–water partition coefficient (Wildman–Crippen LogP) is 1.22. The van der Waals surface area contributed by atoms with E-state index in [0.29, 0.717) is 25.4 Å². The highest BCUT2D eigenvalue weighted by molar-refractivity contribution is 7.09. The number of aromatic nitrogens is 1. The molecule has 5 nitrogen and oxygen atoms in total. The molecule has 1 aliphatic carbocycles. The molecule has 1 aliphatic rings. The van der Waals surface area contributed by atoms with Crippen LogP contribution in [0.5, 0.6) is 0 Å². The maximum Gasteiger partial charge on any atom is 0.270 e. The van der Waals surface area contributed by atoms with E-state index in [1.54, 1.807) is 5.38 Å². The molecule has 1 amide bonds. The number of thiazole rings is 1. The first-order chi connectivity index (χ1) is 8.79. The van der Waals surface area contributed by atoms with Crippen molar-refractivity contribution in [3.05, 3.63) is 16.1 Å². The molecule has 2 rings (SSSR count). The van der Waals surface area contributed by atoms with E-state index in [9.17, 15) is 4.79 Å². The van der Waals surface area contributed by atoms with Crippen LogP contribution in [0.3, 0.4) is 0 Å². The molecule has 1 aromatic heterocycles. The van der Waals surface area contributed by atoms with Gasteiger partial charge in [-0.1, -0.05) is 0 Å². The van der Waals surface area contributed by atoms with Crippen molar-refractivity contribution in [3.8, 4) is 0 Å². The van der Waals surface area contributed by atoms with E-state index in [-0.39, 0.29) is 18.3 Å². The third kappa shape index (κ3) is 5.86. The van der Waals surface area contributed by atoms with Crippen molar-refractivity contribution in [1.82, 2.24) is 10.3 Å². The Balaban J connectivity index is 0.00000180. The Morgan fingerprint density at radius 1 is 1.58 bits per heavy atom. The molecular weight excluding hydrogens is 286 g/mol. The molecule has 0 spiro atoms. The van der Waals surface area contributed by atoms with Gasteiger partial charge in [-0.2, -0.15) is 0 Å². The lowest BCUT2D eigenvalue weighted by Gasteiger charge is -2.04. The van der Waals surface area contributed by atoms with E-state index in [1.165, 1.54) is 24.2 Å². The van der Waals surface area contributed by atoms with Gasteiger partial charge in [-0.15, -0.1) is 23.7 Å². The zero-order chi connectivity index (χ0) is 12.8. The molecular formula is C12H20ClN3O2S. The summed E-state index contributed by atoms with van der Waals surface area (Å²) in [4.78, 5) is 15.9. The molecule has 0 aliphatic heterocycles. The van der Waals surface area contributed by atoms with Gasteiger partial charge in [-0.05, 0) is 25.3 Å². The van der Waals surface area contributed by atoms with Crippen LogP contribution in [-0.2, 0) is 11.2 Å². The van der Waals surface area contributed by atoms with Gasteiger partial charge in [0, 0.05) is 25.0 Å². The van der Waals surface area contributed by atoms with E-state index >= 15 is 0 Å². The maximum absolute atomic E-state index is 11.7. The molecule has 0 radical (unpaired) electrons. The van der Waals surface area contributed by atoms with Crippen molar-refractivity contribution in [2.24, 2.45) is 11.7 Å². The number of hydrogen-bond donors (Lipinski definition) is 2. The van der Waals surface area contributed by atoms with Crippen LogP contribution in [0.2, 0.25) is 0 Å². The number of rotatable bonds is 8. The Morgan fingerprint density at radius 3 is 3.05 bits per heavy atom. The number of hydrogen-bond acceptors (Lipinski definition) is 5. The summed E-state index contributed by atoms with van der Waals surface area (Å²) < 4.78 is 5.44. The molecule has 1 saturated carbocycles. The lowest BCUT2D eigenvalue weighted by atomic mass is 10.4. The highest BCUT2D eigenvalue weighted by atomic mass is 35.5. The van der Waals surface area contributed by atoms with E-state index in [1.807, 2.05) is 0 Å². The smallest absolute Gasteiger partial charge is 0.270 e. The monoisotopic (exact) mass is 305 g/mol. The Labute approximate surface area is 123 Å². The molecule has 7 heteroatoms. The maximum atomic E-state index is 11.7. The van der Waals surface area contributed by atoms with Gasteiger partial charge in [0.05, 0.1) is 11.6 Å². The van der Waals surface area contributed by atoms with Crippen molar-refractivity contribution in [1.29, 1.82) is 0 Å². The van der Waals surface area contributed by atoms with Gasteiger partial charge in [0.15, 0.2) is 0 Å². The fourth-order valence-corrected chi connectivity index (χ4v) is 2.31. The van der Waals surface area contributed by atoms with Gasteiger partial charge in [0.2, 0.25) is 0 Å². The van der Waals surface area contributed by atoms with Crippen molar-refractivity contribution in [3.63, 3.8) is 0 Å². The highest BCUT2D eigenvalue weighted by Gasteiger charge is 2.20. The second kappa shape index (κ2) is 8.47. The van der Waals surface area contributed by atoms with Crippen molar-refractivity contribution < 1.29 is 9.53 Å². The summed E-state index contributed by atoms with van der Waals surface area (Å²) in [6, 6.07) is 0. The predicted molar refractivity (Wildman–Crippen MR) is 78.0 cm³/mol. The minimum atomic E-state index is -0.135. The second-order valence-corrected chi connectivity index (χ2v) is 5.38. The van der Waals surface area contributed by atoms with Gasteiger partial charge >= 0.3 is 0 Å². The molecule has 0 saturated heterocycles. The van der Waals surface area contributed by atoms with Crippen LogP contribution >= 0.6 is 23.7 Å². The lowest BCUT2D eigenvalue weighted by Crippen LogP contribution is -2.27. The first-order valence-electron chi connectivity index (χ1n) is 6.30.